The maximum absolute atomic E-state index is 11.8. The van der Waals surface area contributed by atoms with E-state index < -0.39 is 0 Å². The van der Waals surface area contributed by atoms with Crippen molar-refractivity contribution in [3.05, 3.63) is 47.5 Å². The van der Waals surface area contributed by atoms with Gasteiger partial charge in [-0.15, -0.1) is 0 Å². The van der Waals surface area contributed by atoms with Crippen LogP contribution in [-0.4, -0.2) is 18.5 Å². The molecule has 2 fully saturated rings. The number of carbonyl (C=O) groups excluding carboxylic acids is 1. The van der Waals surface area contributed by atoms with E-state index in [0.29, 0.717) is 18.1 Å². The van der Waals surface area contributed by atoms with E-state index in [2.05, 4.69) is 24.3 Å². The summed E-state index contributed by atoms with van der Waals surface area (Å²) in [5.74, 6) is 0.617. The molecule has 2 nitrogen and oxygen atoms in total. The van der Waals surface area contributed by atoms with Gasteiger partial charge in [-0.05, 0) is 30.1 Å². The second-order valence-corrected chi connectivity index (χ2v) is 5.77. The summed E-state index contributed by atoms with van der Waals surface area (Å²) >= 11 is 0. The molecule has 1 saturated carbocycles. The van der Waals surface area contributed by atoms with Crippen molar-refractivity contribution in [3.63, 3.8) is 0 Å². The van der Waals surface area contributed by atoms with Crippen LogP contribution in [-0.2, 0) is 9.53 Å². The highest BCUT2D eigenvalue weighted by atomic mass is 16.5. The number of allylic oxidation sites excluding steroid dienone is 1. The number of fused-ring (bicyclic) bond motifs is 1. The van der Waals surface area contributed by atoms with Crippen molar-refractivity contribution < 1.29 is 9.53 Å². The summed E-state index contributed by atoms with van der Waals surface area (Å²) in [5, 5.41) is 0. The van der Waals surface area contributed by atoms with Crippen molar-refractivity contribution in [1.82, 2.24) is 0 Å². The Kier molecular flexibility index (Phi) is 2.07. The number of hydrogen-bond donors (Lipinski definition) is 0. The molecule has 1 aliphatic heterocycles. The molecule has 1 saturated heterocycles. The Morgan fingerprint density at radius 2 is 2.06 bits per heavy atom. The van der Waals surface area contributed by atoms with Crippen molar-refractivity contribution in [2.45, 2.75) is 31.3 Å². The van der Waals surface area contributed by atoms with E-state index in [1.165, 1.54) is 11.1 Å². The van der Waals surface area contributed by atoms with Crippen LogP contribution in [0, 0.1) is 5.41 Å². The highest BCUT2D eigenvalue weighted by molar-refractivity contribution is 5.95. The van der Waals surface area contributed by atoms with Crippen molar-refractivity contribution in [1.29, 1.82) is 0 Å². The first-order valence-electron chi connectivity index (χ1n) is 6.70. The lowest BCUT2D eigenvalue weighted by Crippen LogP contribution is -2.28. The molecule has 0 N–H and O–H groups in total. The van der Waals surface area contributed by atoms with Crippen LogP contribution in [0.4, 0.5) is 0 Å². The van der Waals surface area contributed by atoms with Gasteiger partial charge in [-0.25, -0.2) is 0 Å². The summed E-state index contributed by atoms with van der Waals surface area (Å²) in [5.41, 5.74) is 2.79. The van der Waals surface area contributed by atoms with E-state index in [9.17, 15) is 4.79 Å². The van der Waals surface area contributed by atoms with Gasteiger partial charge in [0.05, 0.1) is 6.10 Å². The predicted molar refractivity (Wildman–Crippen MR) is 68.3 cm³/mol. The van der Waals surface area contributed by atoms with Crippen LogP contribution in [0.25, 0.3) is 0 Å². The lowest BCUT2D eigenvalue weighted by molar-refractivity contribution is -0.116. The van der Waals surface area contributed by atoms with Crippen LogP contribution >= 0.6 is 0 Å². The van der Waals surface area contributed by atoms with E-state index in [0.717, 1.165) is 19.4 Å². The minimum absolute atomic E-state index is 0.139. The van der Waals surface area contributed by atoms with Crippen molar-refractivity contribution in [2.24, 2.45) is 5.41 Å². The normalized spacial score (nSPS) is 37.6. The van der Waals surface area contributed by atoms with Gasteiger partial charge in [0.1, 0.15) is 0 Å². The second-order valence-electron chi connectivity index (χ2n) is 5.77. The average Bonchev–Trinajstić information content (AvgIpc) is 2.77. The molecule has 0 aromatic heterocycles. The molecule has 3 aliphatic rings. The van der Waals surface area contributed by atoms with Crippen LogP contribution in [0.5, 0.6) is 0 Å². The highest BCUT2D eigenvalue weighted by Gasteiger charge is 2.55. The molecule has 1 aromatic rings. The molecule has 2 aliphatic carbocycles. The van der Waals surface area contributed by atoms with Crippen LogP contribution in [0.2, 0.25) is 0 Å². The van der Waals surface area contributed by atoms with Gasteiger partial charge in [0.25, 0.3) is 0 Å². The Morgan fingerprint density at radius 1 is 1.22 bits per heavy atom. The fraction of sp³-hybridized carbons (Fsp3) is 0.438. The van der Waals surface area contributed by atoms with E-state index in [4.69, 9.17) is 4.74 Å². The quantitative estimate of drug-likeness (QED) is 0.754. The third-order valence-corrected chi connectivity index (χ3v) is 4.81. The zero-order valence-electron chi connectivity index (χ0n) is 10.3. The Hall–Kier alpha value is -1.41. The van der Waals surface area contributed by atoms with Crippen molar-refractivity contribution in [3.8, 4) is 0 Å². The Morgan fingerprint density at radius 3 is 2.89 bits per heavy atom. The number of hydrogen-bond acceptors (Lipinski definition) is 2. The van der Waals surface area contributed by atoms with Gasteiger partial charge >= 0.3 is 0 Å². The van der Waals surface area contributed by atoms with Crippen molar-refractivity contribution in [2.75, 3.05) is 6.61 Å². The molecule has 2 bridgehead atoms. The number of rotatable bonds is 1. The largest absolute Gasteiger partial charge is 0.377 e. The summed E-state index contributed by atoms with van der Waals surface area (Å²) in [6.07, 6.45) is 4.95. The summed E-state index contributed by atoms with van der Waals surface area (Å²) in [6.45, 7) is 0.804. The van der Waals surface area contributed by atoms with E-state index in [1.807, 2.05) is 12.1 Å². The number of benzene rings is 1. The summed E-state index contributed by atoms with van der Waals surface area (Å²) < 4.78 is 5.95. The minimum Gasteiger partial charge on any atom is -0.377 e. The molecule has 3 atom stereocenters. The molecule has 92 valence electrons. The standard InChI is InChI=1S/C16H16O2/c17-12-8-13-15(11-4-2-1-3-5-11)14-10-16(13,9-12)6-7-18-14/h1-5,8,14-15H,6-7,9-10H2. The summed E-state index contributed by atoms with van der Waals surface area (Å²) in [4.78, 5) is 11.8. The Balaban J connectivity index is 1.84. The molecule has 18 heavy (non-hydrogen) atoms. The first-order chi connectivity index (χ1) is 8.78. The number of carbonyl (C=O) groups is 1. The molecule has 1 spiro atoms. The van der Waals surface area contributed by atoms with Gasteiger partial charge in [-0.2, -0.15) is 0 Å². The molecule has 4 rings (SSSR count). The minimum atomic E-state index is 0.139. The third-order valence-electron chi connectivity index (χ3n) is 4.81. The van der Waals surface area contributed by atoms with E-state index >= 15 is 0 Å². The fourth-order valence-corrected chi connectivity index (χ4v) is 4.08. The third kappa shape index (κ3) is 1.30. The monoisotopic (exact) mass is 240 g/mol. The van der Waals surface area contributed by atoms with Gasteiger partial charge in [0.2, 0.25) is 0 Å². The van der Waals surface area contributed by atoms with Crippen LogP contribution in [0.1, 0.15) is 30.7 Å². The zero-order chi connectivity index (χ0) is 12.2. The van der Waals surface area contributed by atoms with Crippen LogP contribution < -0.4 is 0 Å². The summed E-state index contributed by atoms with van der Waals surface area (Å²) in [6, 6.07) is 10.5. The molecular weight excluding hydrogens is 224 g/mol. The molecule has 1 aromatic carbocycles. The topological polar surface area (TPSA) is 26.3 Å². The van der Waals surface area contributed by atoms with Crippen LogP contribution in [0.15, 0.2) is 42.0 Å². The zero-order valence-corrected chi connectivity index (χ0v) is 10.3. The lowest BCUT2D eigenvalue weighted by Gasteiger charge is -2.30. The van der Waals surface area contributed by atoms with E-state index in [-0.39, 0.29) is 11.5 Å². The summed E-state index contributed by atoms with van der Waals surface area (Å²) in [7, 11) is 0. The van der Waals surface area contributed by atoms with Gasteiger partial charge in [-0.1, -0.05) is 30.3 Å². The first-order valence-corrected chi connectivity index (χ1v) is 6.70. The van der Waals surface area contributed by atoms with Gasteiger partial charge < -0.3 is 4.74 Å². The molecular formula is C16H16O2. The average molecular weight is 240 g/mol. The molecule has 1 heterocycles. The predicted octanol–water partition coefficient (Wildman–Crippen LogP) is 2.85. The van der Waals surface area contributed by atoms with Gasteiger partial charge in [0.15, 0.2) is 5.78 Å². The molecule has 3 unspecified atom stereocenters. The van der Waals surface area contributed by atoms with Gasteiger partial charge in [0, 0.05) is 24.4 Å². The Labute approximate surface area is 107 Å². The Bertz CT molecular complexity index is 531. The molecule has 0 amide bonds. The highest BCUT2D eigenvalue weighted by Crippen LogP contribution is 2.60. The van der Waals surface area contributed by atoms with Crippen molar-refractivity contribution >= 4 is 5.78 Å². The maximum atomic E-state index is 11.8. The second kappa shape index (κ2) is 3.55. The SMILES string of the molecule is O=C1C=C2C(c3ccccc3)C3CC2(CCO3)C1. The smallest absolute Gasteiger partial charge is 0.156 e. The molecule has 0 radical (unpaired) electrons. The lowest BCUT2D eigenvalue weighted by atomic mass is 9.78. The van der Waals surface area contributed by atoms with Crippen LogP contribution in [0.3, 0.4) is 0 Å². The number of ether oxygens (including phenoxy) is 1. The van der Waals surface area contributed by atoms with Gasteiger partial charge in [-0.3, -0.25) is 4.79 Å². The fourth-order valence-electron chi connectivity index (χ4n) is 4.08. The molecule has 2 heteroatoms. The van der Waals surface area contributed by atoms with E-state index in [1.54, 1.807) is 0 Å². The number of ketones is 1. The first kappa shape index (κ1) is 10.5. The maximum Gasteiger partial charge on any atom is 0.156 e.